The molecule has 0 bridgehead atoms. The number of halogens is 1. The fourth-order valence-corrected chi connectivity index (χ4v) is 2.68. The van der Waals surface area contributed by atoms with Crippen LogP contribution in [0.25, 0.3) is 10.9 Å². The number of amides is 1. The van der Waals surface area contributed by atoms with Crippen LogP contribution in [0.5, 0.6) is 23.0 Å². The molecule has 0 fully saturated rings. The van der Waals surface area contributed by atoms with Crippen molar-refractivity contribution in [2.45, 2.75) is 0 Å². The van der Waals surface area contributed by atoms with Gasteiger partial charge in [0.15, 0.2) is 11.5 Å². The fraction of sp³-hybridized carbons (Fsp3) is 0.167. The SMILES string of the molecule is COc1cc2c(NC(=O)Oc3ccccc3)nc(Cl)nc2c(OC)c1OC. The summed E-state index contributed by atoms with van der Waals surface area (Å²) in [4.78, 5) is 20.5. The van der Waals surface area contributed by atoms with Crippen molar-refractivity contribution in [2.24, 2.45) is 0 Å². The molecule has 140 valence electrons. The molecule has 0 atom stereocenters. The topological polar surface area (TPSA) is 91.8 Å². The van der Waals surface area contributed by atoms with Crippen molar-refractivity contribution >= 4 is 34.4 Å². The first-order chi connectivity index (χ1) is 13.1. The third kappa shape index (κ3) is 3.80. The summed E-state index contributed by atoms with van der Waals surface area (Å²) >= 11 is 6.02. The minimum absolute atomic E-state index is 0.0805. The Morgan fingerprint density at radius 3 is 2.33 bits per heavy atom. The average molecular weight is 390 g/mol. The van der Waals surface area contributed by atoms with E-state index in [4.69, 9.17) is 30.5 Å². The predicted octanol–water partition coefficient (Wildman–Crippen LogP) is 3.92. The van der Waals surface area contributed by atoms with Crippen molar-refractivity contribution in [3.8, 4) is 23.0 Å². The van der Waals surface area contributed by atoms with Gasteiger partial charge in [-0.2, -0.15) is 4.98 Å². The molecule has 27 heavy (non-hydrogen) atoms. The Labute approximate surface area is 160 Å². The van der Waals surface area contributed by atoms with Gasteiger partial charge in [-0.15, -0.1) is 0 Å². The van der Waals surface area contributed by atoms with Gasteiger partial charge in [-0.05, 0) is 29.8 Å². The van der Waals surface area contributed by atoms with E-state index in [1.807, 2.05) is 6.07 Å². The van der Waals surface area contributed by atoms with Gasteiger partial charge in [-0.25, -0.2) is 9.78 Å². The molecule has 1 aromatic heterocycles. The Morgan fingerprint density at radius 1 is 1.00 bits per heavy atom. The van der Waals surface area contributed by atoms with E-state index >= 15 is 0 Å². The highest BCUT2D eigenvalue weighted by Gasteiger charge is 2.21. The molecule has 0 spiro atoms. The Kier molecular flexibility index (Phi) is 5.46. The molecule has 0 radical (unpaired) electrons. The molecule has 0 saturated heterocycles. The van der Waals surface area contributed by atoms with Crippen molar-refractivity contribution < 1.29 is 23.7 Å². The predicted molar refractivity (Wildman–Crippen MR) is 100 cm³/mol. The molecule has 3 aromatic rings. The third-order valence-electron chi connectivity index (χ3n) is 3.64. The van der Waals surface area contributed by atoms with Gasteiger partial charge in [0.2, 0.25) is 11.0 Å². The summed E-state index contributed by atoms with van der Waals surface area (Å²) in [6.45, 7) is 0. The van der Waals surface area contributed by atoms with Gasteiger partial charge in [-0.1, -0.05) is 18.2 Å². The normalized spacial score (nSPS) is 10.4. The zero-order chi connectivity index (χ0) is 19.4. The molecule has 0 aliphatic heterocycles. The summed E-state index contributed by atoms with van der Waals surface area (Å²) in [6.07, 6.45) is -0.731. The van der Waals surface area contributed by atoms with Gasteiger partial charge in [0.25, 0.3) is 0 Å². The molecule has 0 aliphatic rings. The van der Waals surface area contributed by atoms with E-state index in [1.165, 1.54) is 21.3 Å². The zero-order valence-corrected chi connectivity index (χ0v) is 15.5. The maximum atomic E-state index is 12.2. The van der Waals surface area contributed by atoms with Crippen LogP contribution in [-0.4, -0.2) is 37.4 Å². The molecule has 2 aromatic carbocycles. The highest BCUT2D eigenvalue weighted by atomic mass is 35.5. The molecule has 0 aliphatic carbocycles. The minimum Gasteiger partial charge on any atom is -0.493 e. The van der Waals surface area contributed by atoms with Crippen LogP contribution in [0.3, 0.4) is 0 Å². The first-order valence-electron chi connectivity index (χ1n) is 7.77. The second-order valence-corrected chi connectivity index (χ2v) is 5.55. The average Bonchev–Trinajstić information content (AvgIpc) is 2.67. The number of benzene rings is 2. The summed E-state index contributed by atoms with van der Waals surface area (Å²) in [5.41, 5.74) is 0.352. The maximum absolute atomic E-state index is 12.2. The number of methoxy groups -OCH3 is 3. The number of hydrogen-bond acceptors (Lipinski definition) is 7. The summed E-state index contributed by atoms with van der Waals surface area (Å²) in [5.74, 6) is 1.56. The minimum atomic E-state index is -0.731. The van der Waals surface area contributed by atoms with Gasteiger partial charge in [0.1, 0.15) is 17.1 Å². The van der Waals surface area contributed by atoms with E-state index in [1.54, 1.807) is 30.3 Å². The molecule has 1 heterocycles. The van der Waals surface area contributed by atoms with Crippen molar-refractivity contribution in [3.63, 3.8) is 0 Å². The molecule has 0 saturated carbocycles. The molecular weight excluding hydrogens is 374 g/mol. The van der Waals surface area contributed by atoms with Crippen molar-refractivity contribution in [3.05, 3.63) is 41.7 Å². The number of hydrogen-bond donors (Lipinski definition) is 1. The molecule has 3 rings (SSSR count). The molecule has 8 nitrogen and oxygen atoms in total. The van der Waals surface area contributed by atoms with Gasteiger partial charge in [-0.3, -0.25) is 5.32 Å². The summed E-state index contributed by atoms with van der Waals surface area (Å²) in [5, 5.41) is 2.93. The van der Waals surface area contributed by atoms with Gasteiger partial charge in [0.05, 0.1) is 26.7 Å². The number of fused-ring (bicyclic) bond motifs is 1. The second kappa shape index (κ2) is 7.96. The number of rotatable bonds is 5. The fourth-order valence-electron chi connectivity index (χ4n) is 2.52. The van der Waals surface area contributed by atoms with Crippen LogP contribution in [0.15, 0.2) is 36.4 Å². The number of nitrogens with one attached hydrogen (secondary N) is 1. The van der Waals surface area contributed by atoms with E-state index in [0.717, 1.165) is 0 Å². The molecule has 1 N–H and O–H groups in total. The summed E-state index contributed by atoms with van der Waals surface area (Å²) in [6, 6.07) is 10.2. The lowest BCUT2D eigenvalue weighted by atomic mass is 10.2. The number of ether oxygens (including phenoxy) is 4. The second-order valence-electron chi connectivity index (χ2n) is 5.21. The first-order valence-corrected chi connectivity index (χ1v) is 8.15. The summed E-state index contributed by atoms with van der Waals surface area (Å²) in [7, 11) is 4.42. The van der Waals surface area contributed by atoms with Gasteiger partial charge >= 0.3 is 6.09 Å². The Bertz CT molecular complexity index is 982. The van der Waals surface area contributed by atoms with E-state index in [0.29, 0.717) is 33.9 Å². The standard InChI is InChI=1S/C18H16ClN3O5/c1-24-12-9-11-13(15(26-3)14(12)25-2)20-17(19)21-16(11)22-18(23)27-10-7-5-4-6-8-10/h4-9H,1-3H3,(H,20,21,22,23). The number of aromatic nitrogens is 2. The lowest BCUT2D eigenvalue weighted by Gasteiger charge is -2.16. The Balaban J connectivity index is 2.06. The lowest BCUT2D eigenvalue weighted by molar-refractivity contribution is 0.215. The summed E-state index contributed by atoms with van der Waals surface area (Å²) < 4.78 is 21.3. The Hall–Kier alpha value is -3.26. The largest absolute Gasteiger partial charge is 0.493 e. The van der Waals surface area contributed by atoms with E-state index in [9.17, 15) is 4.79 Å². The highest BCUT2D eigenvalue weighted by Crippen LogP contribution is 2.44. The highest BCUT2D eigenvalue weighted by molar-refractivity contribution is 6.29. The smallest absolute Gasteiger partial charge is 0.418 e. The van der Waals surface area contributed by atoms with Crippen LogP contribution < -0.4 is 24.3 Å². The van der Waals surface area contributed by atoms with Crippen LogP contribution in [-0.2, 0) is 0 Å². The number of para-hydroxylation sites is 1. The molecule has 0 unspecified atom stereocenters. The molecule has 9 heteroatoms. The molecule has 1 amide bonds. The number of carbonyl (C=O) groups is 1. The van der Waals surface area contributed by atoms with Crippen molar-refractivity contribution in [1.29, 1.82) is 0 Å². The van der Waals surface area contributed by atoms with Gasteiger partial charge in [0, 0.05) is 0 Å². The van der Waals surface area contributed by atoms with Crippen molar-refractivity contribution in [1.82, 2.24) is 9.97 Å². The first kappa shape index (κ1) is 18.5. The van der Waals surface area contributed by atoms with Crippen LogP contribution in [0.1, 0.15) is 0 Å². The van der Waals surface area contributed by atoms with Crippen LogP contribution in [0.4, 0.5) is 10.6 Å². The monoisotopic (exact) mass is 389 g/mol. The van der Waals surface area contributed by atoms with Gasteiger partial charge < -0.3 is 18.9 Å². The van der Waals surface area contributed by atoms with Crippen molar-refractivity contribution in [2.75, 3.05) is 26.6 Å². The number of anilines is 1. The number of nitrogens with zero attached hydrogens (tertiary/aromatic N) is 2. The van der Waals surface area contributed by atoms with Crippen LogP contribution in [0, 0.1) is 0 Å². The third-order valence-corrected chi connectivity index (χ3v) is 3.81. The number of carbonyl (C=O) groups excluding carboxylic acids is 1. The van der Waals surface area contributed by atoms with E-state index in [2.05, 4.69) is 15.3 Å². The molecular formula is C18H16ClN3O5. The zero-order valence-electron chi connectivity index (χ0n) is 14.8. The van der Waals surface area contributed by atoms with Crippen LogP contribution in [0.2, 0.25) is 5.28 Å². The lowest BCUT2D eigenvalue weighted by Crippen LogP contribution is -2.18. The Morgan fingerprint density at radius 2 is 1.70 bits per heavy atom. The van der Waals surface area contributed by atoms with Crippen LogP contribution >= 0.6 is 11.6 Å². The maximum Gasteiger partial charge on any atom is 0.418 e. The quantitative estimate of drug-likeness (QED) is 0.661. The van der Waals surface area contributed by atoms with E-state index < -0.39 is 6.09 Å². The van der Waals surface area contributed by atoms with E-state index in [-0.39, 0.29) is 11.1 Å².